The molecule has 1 amide bonds. The van der Waals surface area contributed by atoms with E-state index >= 15 is 0 Å². The molecule has 112 valence electrons. The van der Waals surface area contributed by atoms with Gasteiger partial charge in [0, 0.05) is 17.2 Å². The second kappa shape index (κ2) is 6.19. The van der Waals surface area contributed by atoms with Crippen molar-refractivity contribution in [2.45, 2.75) is 25.1 Å². The van der Waals surface area contributed by atoms with Crippen LogP contribution in [0.1, 0.15) is 28.8 Å². The Kier molecular flexibility index (Phi) is 4.53. The summed E-state index contributed by atoms with van der Waals surface area (Å²) in [5.74, 6) is 4.87. The van der Waals surface area contributed by atoms with E-state index in [0.29, 0.717) is 18.4 Å². The number of hydrogen-bond acceptors (Lipinski definition) is 2. The van der Waals surface area contributed by atoms with E-state index in [-0.39, 0.29) is 18.2 Å². The number of alkyl halides is 3. The van der Waals surface area contributed by atoms with Crippen molar-refractivity contribution in [3.05, 3.63) is 35.4 Å². The topological polar surface area (TPSA) is 46.3 Å². The Hall–Kier alpha value is -2.00. The van der Waals surface area contributed by atoms with Crippen LogP contribution < -0.4 is 5.73 Å². The van der Waals surface area contributed by atoms with Crippen LogP contribution in [0, 0.1) is 11.8 Å². The zero-order valence-electron chi connectivity index (χ0n) is 11.3. The summed E-state index contributed by atoms with van der Waals surface area (Å²) < 4.78 is 37.6. The zero-order valence-corrected chi connectivity index (χ0v) is 11.3. The molecule has 2 N–H and O–H groups in total. The van der Waals surface area contributed by atoms with Crippen LogP contribution in [0.15, 0.2) is 24.3 Å². The lowest BCUT2D eigenvalue weighted by Gasteiger charge is -2.23. The molecule has 0 atom stereocenters. The maximum Gasteiger partial charge on any atom is 0.406 e. The first kappa shape index (κ1) is 15.4. The number of nitrogens with zero attached hydrogens (tertiary/aromatic N) is 1. The van der Waals surface area contributed by atoms with Gasteiger partial charge in [-0.25, -0.2) is 0 Å². The number of carbonyl (C=O) groups is 1. The van der Waals surface area contributed by atoms with Gasteiger partial charge in [0.15, 0.2) is 0 Å². The van der Waals surface area contributed by atoms with E-state index in [2.05, 4.69) is 11.8 Å². The standard InChI is InChI=1S/C15H15F3N2O/c16-15(17,18)10-20(13-7-8-13)14(21)12-5-3-11(4-6-12)2-1-9-19/h3-6,13H,7-10,19H2. The van der Waals surface area contributed by atoms with Crippen molar-refractivity contribution in [3.8, 4) is 11.8 Å². The fourth-order valence-electron chi connectivity index (χ4n) is 1.96. The first-order chi connectivity index (χ1) is 9.90. The molecule has 1 aromatic carbocycles. The van der Waals surface area contributed by atoms with Gasteiger partial charge in [0.1, 0.15) is 6.54 Å². The van der Waals surface area contributed by atoms with E-state index in [4.69, 9.17) is 5.73 Å². The van der Waals surface area contributed by atoms with E-state index < -0.39 is 18.6 Å². The normalized spacial score (nSPS) is 14.3. The van der Waals surface area contributed by atoms with Crippen LogP contribution in [0.25, 0.3) is 0 Å². The second-order valence-electron chi connectivity index (χ2n) is 4.86. The van der Waals surface area contributed by atoms with E-state index in [9.17, 15) is 18.0 Å². The van der Waals surface area contributed by atoms with Crippen molar-refractivity contribution in [1.82, 2.24) is 4.90 Å². The van der Waals surface area contributed by atoms with Gasteiger partial charge in [0.2, 0.25) is 0 Å². The summed E-state index contributed by atoms with van der Waals surface area (Å²) in [7, 11) is 0. The molecule has 6 heteroatoms. The number of carbonyl (C=O) groups excluding carboxylic acids is 1. The van der Waals surface area contributed by atoms with E-state index in [1.807, 2.05) is 0 Å². The monoisotopic (exact) mass is 296 g/mol. The van der Waals surface area contributed by atoms with Crippen LogP contribution >= 0.6 is 0 Å². The van der Waals surface area contributed by atoms with Crippen LogP contribution in [0.2, 0.25) is 0 Å². The molecule has 21 heavy (non-hydrogen) atoms. The number of hydrogen-bond donors (Lipinski definition) is 1. The number of benzene rings is 1. The minimum Gasteiger partial charge on any atom is -0.327 e. The third-order valence-corrected chi connectivity index (χ3v) is 3.06. The van der Waals surface area contributed by atoms with Gasteiger partial charge in [-0.15, -0.1) is 0 Å². The van der Waals surface area contributed by atoms with Crippen molar-refractivity contribution in [1.29, 1.82) is 0 Å². The van der Waals surface area contributed by atoms with Crippen molar-refractivity contribution >= 4 is 5.91 Å². The van der Waals surface area contributed by atoms with Gasteiger partial charge in [-0.1, -0.05) is 11.8 Å². The van der Waals surface area contributed by atoms with Crippen LogP contribution in [-0.4, -0.2) is 36.1 Å². The molecule has 1 aromatic rings. The summed E-state index contributed by atoms with van der Waals surface area (Å²) in [5.41, 5.74) is 6.16. The third kappa shape index (κ3) is 4.50. The Morgan fingerprint density at radius 1 is 1.29 bits per heavy atom. The lowest BCUT2D eigenvalue weighted by atomic mass is 10.1. The fraction of sp³-hybridized carbons (Fsp3) is 0.400. The highest BCUT2D eigenvalue weighted by Crippen LogP contribution is 2.31. The number of nitrogens with two attached hydrogens (primary N) is 1. The summed E-state index contributed by atoms with van der Waals surface area (Å²) in [6, 6.07) is 5.91. The molecule has 3 nitrogen and oxygen atoms in total. The van der Waals surface area contributed by atoms with Crippen LogP contribution in [0.5, 0.6) is 0 Å². The lowest BCUT2D eigenvalue weighted by Crippen LogP contribution is -2.40. The Balaban J connectivity index is 2.13. The first-order valence-electron chi connectivity index (χ1n) is 6.57. The average molecular weight is 296 g/mol. The maximum atomic E-state index is 12.5. The highest BCUT2D eigenvalue weighted by molar-refractivity contribution is 5.94. The smallest absolute Gasteiger partial charge is 0.327 e. The molecule has 1 aliphatic carbocycles. The SMILES string of the molecule is NCC#Cc1ccc(C(=O)N(CC(F)(F)F)C2CC2)cc1. The van der Waals surface area contributed by atoms with Gasteiger partial charge >= 0.3 is 6.18 Å². The number of rotatable bonds is 3. The van der Waals surface area contributed by atoms with Gasteiger partial charge in [-0.3, -0.25) is 4.79 Å². The number of halogens is 3. The Morgan fingerprint density at radius 3 is 2.38 bits per heavy atom. The molecule has 1 fully saturated rings. The summed E-state index contributed by atoms with van der Waals surface area (Å²) in [6.45, 7) is -0.979. The van der Waals surface area contributed by atoms with E-state index in [1.165, 1.54) is 12.1 Å². The van der Waals surface area contributed by atoms with Crippen molar-refractivity contribution in [3.63, 3.8) is 0 Å². The predicted molar refractivity (Wildman–Crippen MR) is 72.5 cm³/mol. The molecule has 0 bridgehead atoms. The summed E-state index contributed by atoms with van der Waals surface area (Å²) in [5, 5.41) is 0. The van der Waals surface area contributed by atoms with Crippen molar-refractivity contribution < 1.29 is 18.0 Å². The minimum absolute atomic E-state index is 0.224. The van der Waals surface area contributed by atoms with Gasteiger partial charge in [0.25, 0.3) is 5.91 Å². The van der Waals surface area contributed by atoms with Crippen molar-refractivity contribution in [2.24, 2.45) is 5.73 Å². The third-order valence-electron chi connectivity index (χ3n) is 3.06. The molecular weight excluding hydrogens is 281 g/mol. The highest BCUT2D eigenvalue weighted by atomic mass is 19.4. The van der Waals surface area contributed by atoms with E-state index in [1.54, 1.807) is 12.1 Å². The summed E-state index contributed by atoms with van der Waals surface area (Å²) >= 11 is 0. The Labute approximate surface area is 120 Å². The van der Waals surface area contributed by atoms with Crippen LogP contribution in [0.3, 0.4) is 0 Å². The zero-order chi connectivity index (χ0) is 15.5. The molecule has 0 aliphatic heterocycles. The molecule has 0 saturated heterocycles. The molecule has 1 aliphatic rings. The largest absolute Gasteiger partial charge is 0.406 e. The lowest BCUT2D eigenvalue weighted by molar-refractivity contribution is -0.141. The Bertz CT molecular complexity index is 565. The molecule has 1 saturated carbocycles. The van der Waals surface area contributed by atoms with Crippen LogP contribution in [0.4, 0.5) is 13.2 Å². The minimum atomic E-state index is -4.38. The first-order valence-corrected chi connectivity index (χ1v) is 6.57. The van der Waals surface area contributed by atoms with Gasteiger partial charge < -0.3 is 10.6 Å². The second-order valence-corrected chi connectivity index (χ2v) is 4.86. The summed E-state index contributed by atoms with van der Waals surface area (Å²) in [4.78, 5) is 13.1. The molecule has 2 rings (SSSR count). The highest BCUT2D eigenvalue weighted by Gasteiger charge is 2.40. The van der Waals surface area contributed by atoms with Crippen LogP contribution in [-0.2, 0) is 0 Å². The fourth-order valence-corrected chi connectivity index (χ4v) is 1.96. The van der Waals surface area contributed by atoms with Crippen molar-refractivity contribution in [2.75, 3.05) is 13.1 Å². The maximum absolute atomic E-state index is 12.5. The number of amides is 1. The molecule has 0 unspecified atom stereocenters. The molecule has 0 radical (unpaired) electrons. The molecule has 0 aromatic heterocycles. The molecule has 0 spiro atoms. The Morgan fingerprint density at radius 2 is 1.90 bits per heavy atom. The molecule has 0 heterocycles. The van der Waals surface area contributed by atoms with Gasteiger partial charge in [-0.2, -0.15) is 13.2 Å². The summed E-state index contributed by atoms with van der Waals surface area (Å²) in [6.07, 6.45) is -3.13. The van der Waals surface area contributed by atoms with Gasteiger partial charge in [0.05, 0.1) is 6.54 Å². The quantitative estimate of drug-likeness (QED) is 0.869. The van der Waals surface area contributed by atoms with E-state index in [0.717, 1.165) is 4.90 Å². The molecular formula is C15H15F3N2O. The van der Waals surface area contributed by atoms with Gasteiger partial charge in [-0.05, 0) is 37.1 Å². The average Bonchev–Trinajstić information content (AvgIpc) is 3.26. The predicted octanol–water partition coefficient (Wildman–Crippen LogP) is 2.16.